The van der Waals surface area contributed by atoms with Crippen molar-refractivity contribution in [2.24, 2.45) is 0 Å². The summed E-state index contributed by atoms with van der Waals surface area (Å²) in [5.74, 6) is 0. The first-order valence-electron chi connectivity index (χ1n) is 10.8. The van der Waals surface area contributed by atoms with Gasteiger partial charge in [-0.2, -0.15) is 0 Å². The van der Waals surface area contributed by atoms with Crippen LogP contribution in [0.1, 0.15) is 39.5 Å². The van der Waals surface area contributed by atoms with Crippen LogP contribution in [0.15, 0.2) is 31.8 Å². The second kappa shape index (κ2) is 7.86. The van der Waals surface area contributed by atoms with Crippen molar-refractivity contribution in [2.45, 2.75) is 58.2 Å². The van der Waals surface area contributed by atoms with Crippen LogP contribution in [-0.4, -0.2) is 16.9 Å². The minimum absolute atomic E-state index is 1.10. The first-order chi connectivity index (χ1) is 14.0. The minimum Gasteiger partial charge on any atom is -0.128 e. The topological polar surface area (TPSA) is 0 Å². The van der Waals surface area contributed by atoms with Gasteiger partial charge in [-0.05, 0) is 75.9 Å². The van der Waals surface area contributed by atoms with Gasteiger partial charge < -0.3 is 0 Å². The van der Waals surface area contributed by atoms with Crippen LogP contribution in [0.3, 0.4) is 0 Å². The Bertz CT molecular complexity index is 1100. The zero-order chi connectivity index (χ0) is 20.3. The van der Waals surface area contributed by atoms with Crippen LogP contribution in [0.25, 0.3) is 20.9 Å². The van der Waals surface area contributed by atoms with E-state index in [1.54, 1.807) is 41.6 Å². The van der Waals surface area contributed by atoms with E-state index in [9.17, 15) is 0 Å². The molecule has 4 heterocycles. The predicted molar refractivity (Wildman–Crippen MR) is 145 cm³/mol. The Morgan fingerprint density at radius 2 is 1.59 bits per heavy atom. The van der Waals surface area contributed by atoms with E-state index in [1.165, 1.54) is 45.3 Å². The van der Waals surface area contributed by atoms with Gasteiger partial charge in [0, 0.05) is 9.75 Å². The molecule has 3 aromatic rings. The van der Waals surface area contributed by atoms with Crippen LogP contribution in [0.5, 0.6) is 0 Å². The molecule has 0 nitrogen and oxygen atoms in total. The second-order valence-corrected chi connectivity index (χ2v) is 20.9. The first-order valence-corrected chi connectivity index (χ1v) is 18.7. The van der Waals surface area contributed by atoms with Crippen LogP contribution < -0.4 is 20.7 Å². The van der Waals surface area contributed by atoms with Gasteiger partial charge in [0.15, 0.2) is 0 Å². The Morgan fingerprint density at radius 3 is 2.34 bits per heavy atom. The van der Waals surface area contributed by atoms with Crippen molar-refractivity contribution in [2.75, 3.05) is 0 Å². The number of benzene rings is 1. The van der Waals surface area contributed by atoms with Gasteiger partial charge in [-0.15, -0.1) is 22.7 Å². The Morgan fingerprint density at radius 1 is 0.828 bits per heavy atom. The summed E-state index contributed by atoms with van der Waals surface area (Å²) in [7, 11) is -2.71. The zero-order valence-corrected chi connectivity index (χ0v) is 24.2. The lowest BCUT2D eigenvalue weighted by molar-refractivity contribution is 0.700. The molecule has 2 aromatic heterocycles. The van der Waals surface area contributed by atoms with Crippen LogP contribution in [-0.2, 0) is 0 Å². The first kappa shape index (κ1) is 20.9. The van der Waals surface area contributed by atoms with Crippen LogP contribution in [0, 0.1) is 0 Å². The van der Waals surface area contributed by atoms with Gasteiger partial charge in [-0.1, -0.05) is 70.3 Å². The molecule has 0 spiro atoms. The lowest BCUT2D eigenvalue weighted by atomic mass is 10.1. The molecular weight excluding hydrogens is 556 g/mol. The molecule has 0 N–H and O–H groups in total. The third-order valence-corrected chi connectivity index (χ3v) is 18.9. The standard InChI is InChI=1S/C23H26Br2S2Si2/c1-4-6-7-8-9-28-16-10-15-18(11-14(16)22-17(28)12-20(24)26-22)29(3,5-2)19-13-21(25)27-23(15)19/h10-13,28H,4-9H2,1-3H3. The maximum absolute atomic E-state index is 3.80. The molecule has 2 atom stereocenters. The highest BCUT2D eigenvalue weighted by atomic mass is 79.9. The number of fused-ring (bicyclic) bond motifs is 6. The number of rotatable bonds is 6. The number of thiophene rings is 2. The number of hydrogen-bond donors (Lipinski definition) is 0. The Labute approximate surface area is 201 Å². The van der Waals surface area contributed by atoms with Crippen molar-refractivity contribution in [3.05, 3.63) is 31.8 Å². The zero-order valence-electron chi connectivity index (χ0n) is 17.2. The largest absolute Gasteiger partial charge is 0.128 e. The van der Waals surface area contributed by atoms with E-state index in [-0.39, 0.29) is 0 Å². The van der Waals surface area contributed by atoms with Crippen LogP contribution >= 0.6 is 54.5 Å². The molecule has 2 aliphatic rings. The number of hydrogen-bond acceptors (Lipinski definition) is 2. The molecule has 152 valence electrons. The summed E-state index contributed by atoms with van der Waals surface area (Å²) in [6, 6.07) is 12.9. The smallest absolute Gasteiger partial charge is 0.117 e. The fourth-order valence-electron chi connectivity index (χ4n) is 5.34. The molecule has 0 radical (unpaired) electrons. The van der Waals surface area contributed by atoms with Crippen molar-refractivity contribution in [1.29, 1.82) is 0 Å². The molecule has 2 unspecified atom stereocenters. The molecule has 6 heteroatoms. The highest BCUT2D eigenvalue weighted by Gasteiger charge is 2.44. The Kier molecular flexibility index (Phi) is 5.66. The van der Waals surface area contributed by atoms with Crippen molar-refractivity contribution in [3.63, 3.8) is 0 Å². The maximum Gasteiger partial charge on any atom is 0.117 e. The molecule has 2 aliphatic heterocycles. The maximum atomic E-state index is 3.80. The summed E-state index contributed by atoms with van der Waals surface area (Å²) in [4.78, 5) is 3.16. The normalized spacial score (nSPS) is 21.2. The molecule has 0 bridgehead atoms. The molecule has 5 rings (SSSR count). The number of unbranched alkanes of at least 4 members (excludes halogenated alkanes) is 3. The Hall–Kier alpha value is 0.0138. The average Bonchev–Trinajstić information content (AvgIpc) is 3.40. The van der Waals surface area contributed by atoms with E-state index < -0.39 is 16.9 Å². The van der Waals surface area contributed by atoms with E-state index in [2.05, 4.69) is 76.5 Å². The number of halogens is 2. The van der Waals surface area contributed by atoms with Crippen molar-refractivity contribution >= 4 is 92.2 Å². The average molecular weight is 583 g/mol. The van der Waals surface area contributed by atoms with Crippen molar-refractivity contribution in [3.8, 4) is 20.9 Å². The molecule has 0 saturated heterocycles. The molecule has 0 aliphatic carbocycles. The molecule has 0 saturated carbocycles. The van der Waals surface area contributed by atoms with E-state index >= 15 is 0 Å². The molecule has 0 fully saturated rings. The second-order valence-electron chi connectivity index (χ2n) is 8.70. The molecule has 29 heavy (non-hydrogen) atoms. The lowest BCUT2D eigenvalue weighted by Gasteiger charge is -2.23. The van der Waals surface area contributed by atoms with Crippen molar-refractivity contribution in [1.82, 2.24) is 0 Å². The van der Waals surface area contributed by atoms with Crippen molar-refractivity contribution < 1.29 is 0 Å². The summed E-state index contributed by atoms with van der Waals surface area (Å²) < 4.78 is 2.62. The van der Waals surface area contributed by atoms with E-state index in [4.69, 9.17) is 0 Å². The van der Waals surface area contributed by atoms with Gasteiger partial charge in [0.2, 0.25) is 0 Å². The van der Waals surface area contributed by atoms with E-state index in [0.717, 1.165) is 0 Å². The van der Waals surface area contributed by atoms with Gasteiger partial charge in [0.25, 0.3) is 0 Å². The third-order valence-electron chi connectivity index (χ3n) is 7.10. The fraction of sp³-hybridized carbons (Fsp3) is 0.391. The van der Waals surface area contributed by atoms with Gasteiger partial charge in [0.05, 0.1) is 7.57 Å². The Balaban J connectivity index is 1.65. The van der Waals surface area contributed by atoms with Gasteiger partial charge in [0.1, 0.15) is 16.9 Å². The minimum atomic E-state index is -1.61. The predicted octanol–water partition coefficient (Wildman–Crippen LogP) is 6.43. The summed E-state index contributed by atoms with van der Waals surface area (Å²) in [5.41, 5.74) is 3.19. The van der Waals surface area contributed by atoms with Crippen LogP contribution in [0.2, 0.25) is 18.6 Å². The summed E-state index contributed by atoms with van der Waals surface area (Å²) >= 11 is 11.5. The summed E-state index contributed by atoms with van der Waals surface area (Å²) in [6.07, 6.45) is 5.49. The van der Waals surface area contributed by atoms with E-state index in [1.807, 2.05) is 22.7 Å². The molecule has 0 amide bonds. The van der Waals surface area contributed by atoms with E-state index in [0.29, 0.717) is 0 Å². The van der Waals surface area contributed by atoms with Crippen LogP contribution in [0.4, 0.5) is 0 Å². The highest BCUT2D eigenvalue weighted by molar-refractivity contribution is 9.11. The summed E-state index contributed by atoms with van der Waals surface area (Å²) in [5, 5.41) is 6.82. The van der Waals surface area contributed by atoms with Gasteiger partial charge >= 0.3 is 0 Å². The third kappa shape index (κ3) is 3.20. The molecule has 1 aromatic carbocycles. The van der Waals surface area contributed by atoms with Gasteiger partial charge in [-0.3, -0.25) is 0 Å². The lowest BCUT2D eigenvalue weighted by Crippen LogP contribution is -2.51. The fourth-order valence-corrected chi connectivity index (χ4v) is 17.6. The monoisotopic (exact) mass is 580 g/mol. The quantitative estimate of drug-likeness (QED) is 0.232. The SMILES string of the molecule is CCCCCC[SiH]1c2cc3c(cc2-c2sc(Br)cc21)[Si](C)(CC)c1cc(Br)sc1-3. The molecular formula is C23H26Br2S2Si2. The highest BCUT2D eigenvalue weighted by Crippen LogP contribution is 2.41. The summed E-state index contributed by atoms with van der Waals surface area (Å²) in [6.45, 7) is 7.30. The van der Waals surface area contributed by atoms with Gasteiger partial charge in [-0.25, -0.2) is 0 Å².